The monoisotopic (exact) mass is 954 g/mol. The van der Waals surface area contributed by atoms with Crippen molar-refractivity contribution in [3.63, 3.8) is 0 Å². The SMILES string of the molecule is O=C(O[C@@H]1[C@@H](O)[C@H](O)[C@@H](O[C@@H]2[C@@H](O)[C@H](O)[C@@H](Oc3cccc4c(=O)c5cccc(O[C@@H]6O[C@H](CO)[C@@H](O)[C@H](O)[C@H]6OC(=O)c6ccc(O)cc6)c5oc34)O[C@H]2CO)O[C@H]1CO)c1ccc(O)cc1. The van der Waals surface area contributed by atoms with Gasteiger partial charge in [0.25, 0.3) is 0 Å². The van der Waals surface area contributed by atoms with E-state index in [2.05, 4.69) is 0 Å². The van der Waals surface area contributed by atoms with Gasteiger partial charge in [-0.15, -0.1) is 0 Å². The summed E-state index contributed by atoms with van der Waals surface area (Å²) in [5.74, 6) is -2.74. The number of fused-ring (bicyclic) bond motifs is 2. The summed E-state index contributed by atoms with van der Waals surface area (Å²) < 4.78 is 52.0. The van der Waals surface area contributed by atoms with Gasteiger partial charge in [0.15, 0.2) is 41.2 Å². The van der Waals surface area contributed by atoms with Crippen LogP contribution in [0.5, 0.6) is 23.0 Å². The zero-order valence-electron chi connectivity index (χ0n) is 35.2. The van der Waals surface area contributed by atoms with Crippen LogP contribution in [0.3, 0.4) is 0 Å². The second kappa shape index (κ2) is 20.3. The Hall–Kier alpha value is -6.03. The van der Waals surface area contributed by atoms with Crippen LogP contribution in [0.15, 0.2) is 94.1 Å². The lowest BCUT2D eigenvalue weighted by Crippen LogP contribution is -2.65. The van der Waals surface area contributed by atoms with Gasteiger partial charge in [0.1, 0.15) is 72.5 Å². The number of carbonyl (C=O) groups excluding carboxylic acids is 2. The average molecular weight is 955 g/mol. The van der Waals surface area contributed by atoms with Crippen LogP contribution in [0, 0.1) is 0 Å². The second-order valence-corrected chi connectivity index (χ2v) is 16.0. The van der Waals surface area contributed by atoms with E-state index >= 15 is 0 Å². The number of esters is 2. The third-order valence-electron chi connectivity index (χ3n) is 11.6. The zero-order valence-corrected chi connectivity index (χ0v) is 35.2. The summed E-state index contributed by atoms with van der Waals surface area (Å²) in [6.45, 7) is -2.56. The van der Waals surface area contributed by atoms with E-state index in [-0.39, 0.29) is 56.1 Å². The molecule has 23 nitrogen and oxygen atoms in total. The van der Waals surface area contributed by atoms with Gasteiger partial charge >= 0.3 is 11.9 Å². The third kappa shape index (κ3) is 9.52. The largest absolute Gasteiger partial charge is 0.508 e. The van der Waals surface area contributed by atoms with Gasteiger partial charge in [0, 0.05) is 0 Å². The van der Waals surface area contributed by atoms with Gasteiger partial charge < -0.3 is 98.5 Å². The van der Waals surface area contributed by atoms with Crippen LogP contribution in [0.25, 0.3) is 21.9 Å². The molecule has 0 radical (unpaired) electrons. The normalized spacial score (nSPS) is 31.8. The molecular weight excluding hydrogens is 908 g/mol. The van der Waals surface area contributed by atoms with Crippen molar-refractivity contribution >= 4 is 33.9 Å². The van der Waals surface area contributed by atoms with E-state index in [1.54, 1.807) is 0 Å². The molecule has 3 fully saturated rings. The molecule has 3 saturated heterocycles. The minimum atomic E-state index is -2.01. The molecule has 11 N–H and O–H groups in total. The number of aliphatic hydroxyl groups excluding tert-OH is 9. The van der Waals surface area contributed by atoms with Gasteiger partial charge in [-0.05, 0) is 72.8 Å². The molecule has 0 unspecified atom stereocenters. The topological polar surface area (TPSA) is 361 Å². The number of phenols is 2. The van der Waals surface area contributed by atoms with Crippen LogP contribution < -0.4 is 14.9 Å². The molecule has 4 aromatic carbocycles. The molecule has 1 aromatic heterocycles. The van der Waals surface area contributed by atoms with E-state index in [9.17, 15) is 70.6 Å². The molecule has 0 aliphatic carbocycles. The Kier molecular flexibility index (Phi) is 14.4. The predicted molar refractivity (Wildman–Crippen MR) is 224 cm³/mol. The average Bonchev–Trinajstić information content (AvgIpc) is 3.34. The predicted octanol–water partition coefficient (Wildman–Crippen LogP) is -1.73. The lowest BCUT2D eigenvalue weighted by molar-refractivity contribution is -0.352. The van der Waals surface area contributed by atoms with Crippen molar-refractivity contribution in [2.45, 2.75) is 92.1 Å². The Morgan fingerprint density at radius 3 is 1.44 bits per heavy atom. The highest BCUT2D eigenvalue weighted by molar-refractivity contribution is 5.94. The summed E-state index contributed by atoms with van der Waals surface area (Å²) >= 11 is 0. The molecule has 15 atom stereocenters. The number of hydrogen-bond donors (Lipinski definition) is 11. The fraction of sp³-hybridized carbons (Fsp3) is 0.400. The molecule has 3 aliphatic rings. The van der Waals surface area contributed by atoms with E-state index in [4.69, 9.17) is 42.3 Å². The summed E-state index contributed by atoms with van der Waals surface area (Å²) in [5.41, 5.74) is -1.21. The molecule has 3 aliphatic heterocycles. The maximum Gasteiger partial charge on any atom is 0.338 e. The number of ether oxygens (including phenoxy) is 8. The number of hydrogen-bond acceptors (Lipinski definition) is 23. The Morgan fingerprint density at radius 2 is 0.912 bits per heavy atom. The molecule has 5 aromatic rings. The molecule has 364 valence electrons. The fourth-order valence-corrected chi connectivity index (χ4v) is 7.92. The van der Waals surface area contributed by atoms with E-state index in [1.165, 1.54) is 84.9 Å². The summed E-state index contributed by atoms with van der Waals surface area (Å²) in [6, 6.07) is 18.1. The maximum absolute atomic E-state index is 14.0. The summed E-state index contributed by atoms with van der Waals surface area (Å²) in [5, 5.41) is 116. The lowest BCUT2D eigenvalue weighted by Gasteiger charge is -2.46. The Balaban J connectivity index is 1.02. The van der Waals surface area contributed by atoms with Gasteiger partial charge in [-0.2, -0.15) is 0 Å². The first-order valence-corrected chi connectivity index (χ1v) is 21.0. The Labute approximate surface area is 382 Å². The molecule has 0 saturated carbocycles. The highest BCUT2D eigenvalue weighted by Gasteiger charge is 2.53. The van der Waals surface area contributed by atoms with Gasteiger partial charge in [-0.25, -0.2) is 9.59 Å². The summed E-state index contributed by atoms with van der Waals surface area (Å²) in [6.07, 6.45) is -26.5. The lowest BCUT2D eigenvalue weighted by atomic mass is 9.96. The van der Waals surface area contributed by atoms with Crippen LogP contribution in [0.2, 0.25) is 0 Å². The highest BCUT2D eigenvalue weighted by Crippen LogP contribution is 2.37. The molecule has 0 amide bonds. The quantitative estimate of drug-likeness (QED) is 0.0461. The first-order chi connectivity index (χ1) is 32.6. The number of carbonyl (C=O) groups is 2. The fourth-order valence-electron chi connectivity index (χ4n) is 7.92. The summed E-state index contributed by atoms with van der Waals surface area (Å²) in [4.78, 5) is 39.9. The molecule has 0 bridgehead atoms. The van der Waals surface area contributed by atoms with Crippen LogP contribution in [-0.4, -0.2) is 180 Å². The van der Waals surface area contributed by atoms with Crippen LogP contribution in [-0.2, 0) is 28.4 Å². The summed E-state index contributed by atoms with van der Waals surface area (Å²) in [7, 11) is 0. The molecule has 8 rings (SSSR count). The second-order valence-electron chi connectivity index (χ2n) is 16.0. The number of phenolic OH excluding ortho intramolecular Hbond substituents is 2. The van der Waals surface area contributed by atoms with E-state index in [0.29, 0.717) is 0 Å². The smallest absolute Gasteiger partial charge is 0.338 e. The number of aliphatic hydroxyl groups is 9. The van der Waals surface area contributed by atoms with Crippen LogP contribution in [0.4, 0.5) is 0 Å². The van der Waals surface area contributed by atoms with Gasteiger partial charge in [0.05, 0.1) is 41.7 Å². The Bertz CT molecular complexity index is 2620. The van der Waals surface area contributed by atoms with Crippen molar-refractivity contribution in [1.82, 2.24) is 0 Å². The number of aromatic hydroxyl groups is 2. The molecule has 23 heteroatoms. The van der Waals surface area contributed by atoms with Crippen molar-refractivity contribution in [3.05, 3.63) is 106 Å². The van der Waals surface area contributed by atoms with E-state index < -0.39 is 129 Å². The number of rotatable bonds is 13. The van der Waals surface area contributed by atoms with E-state index in [0.717, 1.165) is 0 Å². The molecular formula is C45H46O23. The maximum atomic E-state index is 14.0. The van der Waals surface area contributed by atoms with Gasteiger partial charge in [0.2, 0.25) is 18.0 Å². The number of para-hydroxylation sites is 2. The minimum Gasteiger partial charge on any atom is -0.508 e. The van der Waals surface area contributed by atoms with Crippen molar-refractivity contribution < 1.29 is 108 Å². The first kappa shape index (κ1) is 48.4. The van der Waals surface area contributed by atoms with Crippen molar-refractivity contribution in [2.75, 3.05) is 19.8 Å². The van der Waals surface area contributed by atoms with Gasteiger partial charge in [-0.3, -0.25) is 4.79 Å². The van der Waals surface area contributed by atoms with Crippen molar-refractivity contribution in [1.29, 1.82) is 0 Å². The molecule has 0 spiro atoms. The molecule has 4 heterocycles. The highest BCUT2D eigenvalue weighted by atomic mass is 16.8. The first-order valence-electron chi connectivity index (χ1n) is 21.0. The molecule has 68 heavy (non-hydrogen) atoms. The Morgan fingerprint density at radius 1 is 0.485 bits per heavy atom. The standard InChI is InChI=1S/C45H46O23/c46-15-26-30(52)31(53)40(67-42(59)19-9-13-21(50)14-10-19)45(62-26)61-25-6-2-4-23-29(51)22-3-1-5-24(36(22)65-37(23)25)60-43-34(56)33(55)39(28(17-48)63-43)68-44-35(57)32(54)38(27(16-47)64-44)66-41(58)18-7-11-20(49)12-8-18/h1-14,26-28,30-35,38-40,43-50,52-57H,15-17H2/t26-,27+,28+,30-,31+,32+,33+,34+,35+,38+,39+,40-,43+,44-,45-/m1/s1. The third-order valence-corrected chi connectivity index (χ3v) is 11.6. The van der Waals surface area contributed by atoms with Gasteiger partial charge in [-0.1, -0.05) is 12.1 Å². The van der Waals surface area contributed by atoms with Crippen LogP contribution >= 0.6 is 0 Å². The minimum absolute atomic E-state index is 0.0365. The van der Waals surface area contributed by atoms with Crippen molar-refractivity contribution in [2.24, 2.45) is 0 Å². The number of benzene rings is 4. The zero-order chi connectivity index (χ0) is 48.6. The van der Waals surface area contributed by atoms with Crippen molar-refractivity contribution in [3.8, 4) is 23.0 Å². The van der Waals surface area contributed by atoms with Crippen LogP contribution in [0.1, 0.15) is 20.7 Å². The van der Waals surface area contributed by atoms with E-state index in [1.807, 2.05) is 0 Å².